The number of methoxy groups -OCH3 is 1. The average Bonchev–Trinajstić information content (AvgIpc) is 3.19. The summed E-state index contributed by atoms with van der Waals surface area (Å²) in [7, 11) is 1.62. The summed E-state index contributed by atoms with van der Waals surface area (Å²) >= 11 is 0. The molecule has 0 fully saturated rings. The lowest BCUT2D eigenvalue weighted by Gasteiger charge is -2.14. The Balaban J connectivity index is 1.87. The van der Waals surface area contributed by atoms with Gasteiger partial charge in [0.25, 0.3) is 5.89 Å². The number of carbonyl (C=O) groups is 1. The largest absolute Gasteiger partial charge is 0.497 e. The van der Waals surface area contributed by atoms with Crippen molar-refractivity contribution in [2.45, 2.75) is 26.7 Å². The maximum Gasteiger partial charge on any atom is 0.260 e. The summed E-state index contributed by atoms with van der Waals surface area (Å²) in [6.45, 7) is 4.03. The maximum atomic E-state index is 12.5. The van der Waals surface area contributed by atoms with Gasteiger partial charge in [-0.2, -0.15) is 4.98 Å². The van der Waals surface area contributed by atoms with Crippen molar-refractivity contribution in [2.24, 2.45) is 5.92 Å². The van der Waals surface area contributed by atoms with Crippen LogP contribution in [0.1, 0.15) is 26.7 Å². The Morgan fingerprint density at radius 3 is 2.48 bits per heavy atom. The predicted molar refractivity (Wildman–Crippen MR) is 104 cm³/mol. The quantitative estimate of drug-likeness (QED) is 0.651. The van der Waals surface area contributed by atoms with Gasteiger partial charge in [0.05, 0.1) is 18.4 Å². The van der Waals surface area contributed by atoms with Crippen molar-refractivity contribution in [3.8, 4) is 28.6 Å². The number of para-hydroxylation sites is 1. The van der Waals surface area contributed by atoms with Gasteiger partial charge in [0.15, 0.2) is 0 Å². The van der Waals surface area contributed by atoms with E-state index in [4.69, 9.17) is 9.26 Å². The van der Waals surface area contributed by atoms with E-state index in [1.165, 1.54) is 0 Å². The van der Waals surface area contributed by atoms with E-state index in [2.05, 4.69) is 15.5 Å². The molecule has 3 aromatic rings. The molecular formula is C21H23N3O3. The first-order valence-electron chi connectivity index (χ1n) is 9.04. The number of carbonyl (C=O) groups excluding carboxylic acids is 1. The summed E-state index contributed by atoms with van der Waals surface area (Å²) in [5.41, 5.74) is 2.19. The number of hydrogen-bond acceptors (Lipinski definition) is 5. The fourth-order valence-corrected chi connectivity index (χ4v) is 2.86. The van der Waals surface area contributed by atoms with Gasteiger partial charge in [-0.3, -0.25) is 4.79 Å². The van der Waals surface area contributed by atoms with E-state index in [0.29, 0.717) is 23.0 Å². The molecule has 0 aliphatic rings. The summed E-state index contributed by atoms with van der Waals surface area (Å²) in [6, 6.07) is 14.9. The van der Waals surface area contributed by atoms with Crippen LogP contribution in [0.25, 0.3) is 22.8 Å². The molecule has 0 saturated carbocycles. The average molecular weight is 365 g/mol. The number of rotatable bonds is 7. The Bertz CT molecular complexity index is 899. The van der Waals surface area contributed by atoms with E-state index < -0.39 is 0 Å². The lowest BCUT2D eigenvalue weighted by atomic mass is 10.0. The molecular weight excluding hydrogens is 342 g/mol. The summed E-state index contributed by atoms with van der Waals surface area (Å²) in [6.07, 6.45) is 1.60. The Hall–Kier alpha value is -3.15. The second-order valence-corrected chi connectivity index (χ2v) is 6.20. The van der Waals surface area contributed by atoms with Crippen LogP contribution in [0.5, 0.6) is 5.75 Å². The zero-order chi connectivity index (χ0) is 19.2. The number of benzene rings is 2. The lowest BCUT2D eigenvalue weighted by Crippen LogP contribution is -2.21. The number of amides is 1. The Morgan fingerprint density at radius 1 is 1.11 bits per heavy atom. The van der Waals surface area contributed by atoms with E-state index in [-0.39, 0.29) is 11.8 Å². The molecule has 0 aliphatic carbocycles. The zero-order valence-corrected chi connectivity index (χ0v) is 15.7. The Kier molecular flexibility index (Phi) is 5.86. The summed E-state index contributed by atoms with van der Waals surface area (Å²) in [5, 5.41) is 7.06. The molecule has 0 unspecified atom stereocenters. The van der Waals surface area contributed by atoms with Gasteiger partial charge < -0.3 is 14.6 Å². The molecule has 6 heteroatoms. The third-order valence-corrected chi connectivity index (χ3v) is 4.55. The van der Waals surface area contributed by atoms with E-state index >= 15 is 0 Å². The van der Waals surface area contributed by atoms with Gasteiger partial charge in [-0.1, -0.05) is 31.1 Å². The number of ether oxygens (including phenoxy) is 1. The number of anilines is 1. The van der Waals surface area contributed by atoms with Gasteiger partial charge >= 0.3 is 0 Å². The Labute approximate surface area is 158 Å². The summed E-state index contributed by atoms with van der Waals surface area (Å²) in [4.78, 5) is 16.9. The second-order valence-electron chi connectivity index (χ2n) is 6.20. The maximum absolute atomic E-state index is 12.5. The molecule has 1 amide bonds. The van der Waals surface area contributed by atoms with Crippen molar-refractivity contribution in [3.63, 3.8) is 0 Å². The number of aromatic nitrogens is 2. The van der Waals surface area contributed by atoms with Crippen LogP contribution in [0.2, 0.25) is 0 Å². The highest BCUT2D eigenvalue weighted by Gasteiger charge is 2.18. The summed E-state index contributed by atoms with van der Waals surface area (Å²) < 4.78 is 10.6. The molecule has 0 spiro atoms. The Morgan fingerprint density at radius 2 is 1.81 bits per heavy atom. The fraction of sp³-hybridized carbons (Fsp3) is 0.286. The minimum Gasteiger partial charge on any atom is -0.497 e. The van der Waals surface area contributed by atoms with Crippen LogP contribution < -0.4 is 10.1 Å². The van der Waals surface area contributed by atoms with Crippen molar-refractivity contribution >= 4 is 11.6 Å². The molecule has 0 saturated heterocycles. The molecule has 0 bridgehead atoms. The highest BCUT2D eigenvalue weighted by atomic mass is 16.5. The van der Waals surface area contributed by atoms with Gasteiger partial charge in [0.1, 0.15) is 5.75 Å². The van der Waals surface area contributed by atoms with E-state index in [0.717, 1.165) is 24.2 Å². The predicted octanol–water partition coefficient (Wildman–Crippen LogP) is 4.79. The van der Waals surface area contributed by atoms with Crippen LogP contribution in [0.15, 0.2) is 53.1 Å². The van der Waals surface area contributed by atoms with Crippen LogP contribution in [-0.4, -0.2) is 23.2 Å². The van der Waals surface area contributed by atoms with Gasteiger partial charge in [-0.05, 0) is 49.2 Å². The van der Waals surface area contributed by atoms with E-state index in [9.17, 15) is 4.79 Å². The van der Waals surface area contributed by atoms with Crippen LogP contribution in [0.4, 0.5) is 5.69 Å². The van der Waals surface area contributed by atoms with E-state index in [1.54, 1.807) is 7.11 Å². The molecule has 27 heavy (non-hydrogen) atoms. The third-order valence-electron chi connectivity index (χ3n) is 4.55. The lowest BCUT2D eigenvalue weighted by molar-refractivity contribution is -0.120. The molecule has 1 aromatic heterocycles. The normalized spacial score (nSPS) is 10.8. The van der Waals surface area contributed by atoms with Crippen LogP contribution in [0, 0.1) is 5.92 Å². The van der Waals surface area contributed by atoms with Crippen molar-refractivity contribution in [1.29, 1.82) is 0 Å². The van der Waals surface area contributed by atoms with Crippen LogP contribution in [-0.2, 0) is 4.79 Å². The van der Waals surface area contributed by atoms with Crippen molar-refractivity contribution in [1.82, 2.24) is 10.1 Å². The minimum atomic E-state index is -0.0180. The smallest absolute Gasteiger partial charge is 0.260 e. The number of nitrogens with zero attached hydrogens (tertiary/aromatic N) is 2. The molecule has 0 radical (unpaired) electrons. The fourth-order valence-electron chi connectivity index (χ4n) is 2.86. The number of nitrogens with one attached hydrogen (secondary N) is 1. The first kappa shape index (κ1) is 18.6. The second kappa shape index (κ2) is 8.49. The molecule has 6 nitrogen and oxygen atoms in total. The highest BCUT2D eigenvalue weighted by Crippen LogP contribution is 2.29. The van der Waals surface area contributed by atoms with Crippen molar-refractivity contribution < 1.29 is 14.1 Å². The van der Waals surface area contributed by atoms with Crippen molar-refractivity contribution in [3.05, 3.63) is 48.5 Å². The molecule has 0 atom stereocenters. The minimum absolute atomic E-state index is 0.00217. The van der Waals surface area contributed by atoms with Gasteiger partial charge in [-0.25, -0.2) is 0 Å². The zero-order valence-electron chi connectivity index (χ0n) is 15.7. The van der Waals surface area contributed by atoms with E-state index in [1.807, 2.05) is 62.4 Å². The SMILES string of the molecule is CCC(CC)C(=O)Nc1ccccc1-c1nc(-c2ccc(OC)cc2)no1. The number of hydrogen-bond donors (Lipinski definition) is 1. The van der Waals surface area contributed by atoms with Gasteiger partial charge in [-0.15, -0.1) is 0 Å². The van der Waals surface area contributed by atoms with Gasteiger partial charge in [0, 0.05) is 11.5 Å². The first-order chi connectivity index (χ1) is 13.2. The molecule has 0 aliphatic heterocycles. The molecule has 3 rings (SSSR count). The highest BCUT2D eigenvalue weighted by molar-refractivity contribution is 5.96. The topological polar surface area (TPSA) is 77.2 Å². The summed E-state index contributed by atoms with van der Waals surface area (Å²) in [5.74, 6) is 1.59. The molecule has 2 aromatic carbocycles. The third kappa shape index (κ3) is 4.16. The monoisotopic (exact) mass is 365 g/mol. The standard InChI is InChI=1S/C21H23N3O3/c1-4-14(5-2)20(25)22-18-9-7-6-8-17(18)21-23-19(24-27-21)15-10-12-16(26-3)13-11-15/h6-14H,4-5H2,1-3H3,(H,22,25). The molecule has 1 N–H and O–H groups in total. The first-order valence-corrected chi connectivity index (χ1v) is 9.04. The van der Waals surface area contributed by atoms with Crippen LogP contribution in [0.3, 0.4) is 0 Å². The van der Waals surface area contributed by atoms with Crippen molar-refractivity contribution in [2.75, 3.05) is 12.4 Å². The molecule has 140 valence electrons. The van der Waals surface area contributed by atoms with Gasteiger partial charge in [0.2, 0.25) is 11.7 Å². The van der Waals surface area contributed by atoms with Crippen LogP contribution >= 0.6 is 0 Å². The molecule has 1 heterocycles.